The van der Waals surface area contributed by atoms with E-state index in [2.05, 4.69) is 45.1 Å². The Morgan fingerprint density at radius 3 is 2.86 bits per heavy atom. The molecule has 0 radical (unpaired) electrons. The molecule has 4 aromatic rings. The van der Waals surface area contributed by atoms with Gasteiger partial charge in [0, 0.05) is 18.2 Å². The minimum atomic E-state index is 0.582. The third-order valence-electron chi connectivity index (χ3n) is 5.53. The first-order valence-corrected chi connectivity index (χ1v) is 10.7. The third kappa shape index (κ3) is 3.36. The highest BCUT2D eigenvalue weighted by molar-refractivity contribution is 7.22. The number of hydrogen-bond acceptors (Lipinski definition) is 4. The summed E-state index contributed by atoms with van der Waals surface area (Å²) < 4.78 is 3.40. The van der Waals surface area contributed by atoms with E-state index in [4.69, 9.17) is 11.4 Å². The van der Waals surface area contributed by atoms with Crippen LogP contribution < -0.4 is 5.32 Å². The summed E-state index contributed by atoms with van der Waals surface area (Å²) in [5.41, 5.74) is 5.22. The van der Waals surface area contributed by atoms with E-state index in [9.17, 15) is 0 Å². The van der Waals surface area contributed by atoms with Gasteiger partial charge in [0.15, 0.2) is 5.13 Å². The van der Waals surface area contributed by atoms with Crippen molar-refractivity contribution in [3.05, 3.63) is 53.9 Å². The normalized spacial score (nSPS) is 15.1. The maximum Gasteiger partial charge on any atom is 0.184 e. The molecular formula is C23H22N4S. The van der Waals surface area contributed by atoms with E-state index in [0.29, 0.717) is 6.04 Å². The summed E-state index contributed by atoms with van der Waals surface area (Å²) in [6.45, 7) is 0.783. The van der Waals surface area contributed by atoms with E-state index < -0.39 is 0 Å². The number of imidazole rings is 1. The zero-order valence-corrected chi connectivity index (χ0v) is 16.5. The first-order valence-electron chi connectivity index (χ1n) is 9.86. The highest BCUT2D eigenvalue weighted by atomic mass is 32.1. The molecule has 2 aromatic carbocycles. The maximum absolute atomic E-state index is 5.49. The molecule has 28 heavy (non-hydrogen) atoms. The molecule has 0 bridgehead atoms. The summed E-state index contributed by atoms with van der Waals surface area (Å²) in [6.07, 6.45) is 13.9. The molecule has 140 valence electrons. The molecule has 5 rings (SSSR count). The second-order valence-corrected chi connectivity index (χ2v) is 8.55. The highest BCUT2D eigenvalue weighted by Gasteiger charge is 2.15. The van der Waals surface area contributed by atoms with Crippen LogP contribution in [-0.2, 0) is 6.54 Å². The largest absolute Gasteiger partial charge is 0.359 e. The van der Waals surface area contributed by atoms with Crippen LogP contribution in [0.3, 0.4) is 0 Å². The predicted octanol–water partition coefficient (Wildman–Crippen LogP) is 5.42. The zero-order valence-electron chi connectivity index (χ0n) is 15.7. The topological polar surface area (TPSA) is 42.7 Å². The fraction of sp³-hybridized carbons (Fsp3) is 0.304. The second-order valence-electron chi connectivity index (χ2n) is 7.52. The average Bonchev–Trinajstić information content (AvgIpc) is 3.31. The van der Waals surface area contributed by atoms with Crippen LogP contribution in [0, 0.1) is 12.3 Å². The molecule has 1 saturated carbocycles. The number of fused-ring (bicyclic) bond motifs is 2. The molecular weight excluding hydrogens is 364 g/mol. The van der Waals surface area contributed by atoms with Crippen molar-refractivity contribution < 1.29 is 0 Å². The zero-order chi connectivity index (χ0) is 18.9. The second kappa shape index (κ2) is 7.29. The molecule has 2 aromatic heterocycles. The SMILES string of the molecule is C#Cc1ccc2c(c1)ncn2Cc1ccc2nc(NC3CCCCC3)sc2c1. The summed E-state index contributed by atoms with van der Waals surface area (Å²) in [5, 5.41) is 4.70. The summed E-state index contributed by atoms with van der Waals surface area (Å²) in [6, 6.07) is 13.1. The van der Waals surface area contributed by atoms with Gasteiger partial charge in [0.05, 0.1) is 27.6 Å². The number of benzene rings is 2. The Morgan fingerprint density at radius 1 is 1.11 bits per heavy atom. The quantitative estimate of drug-likeness (QED) is 0.476. The van der Waals surface area contributed by atoms with E-state index in [0.717, 1.165) is 33.8 Å². The van der Waals surface area contributed by atoms with Crippen LogP contribution in [0.25, 0.3) is 21.3 Å². The standard InChI is InChI=1S/C23H22N4S/c1-2-16-9-11-21-20(12-16)24-15-27(21)14-17-8-10-19-22(13-17)28-23(26-19)25-18-6-4-3-5-7-18/h1,8-13,15,18H,3-7,14H2,(H,25,26). The number of rotatable bonds is 4. The van der Waals surface area contributed by atoms with Crippen LogP contribution in [0.1, 0.15) is 43.2 Å². The first-order chi connectivity index (χ1) is 13.8. The summed E-state index contributed by atoms with van der Waals surface area (Å²) in [4.78, 5) is 9.29. The van der Waals surface area contributed by atoms with E-state index in [1.54, 1.807) is 11.3 Å². The minimum Gasteiger partial charge on any atom is -0.359 e. The van der Waals surface area contributed by atoms with Gasteiger partial charge in [-0.3, -0.25) is 0 Å². The van der Waals surface area contributed by atoms with Gasteiger partial charge in [0.2, 0.25) is 0 Å². The molecule has 1 fully saturated rings. The van der Waals surface area contributed by atoms with Crippen LogP contribution >= 0.6 is 11.3 Å². The first kappa shape index (κ1) is 17.3. The molecule has 1 N–H and O–H groups in total. The van der Waals surface area contributed by atoms with E-state index in [1.165, 1.54) is 42.4 Å². The minimum absolute atomic E-state index is 0.582. The Morgan fingerprint density at radius 2 is 2.00 bits per heavy atom. The van der Waals surface area contributed by atoms with Crippen molar-refractivity contribution in [2.45, 2.75) is 44.7 Å². The molecule has 0 unspecified atom stereocenters. The van der Waals surface area contributed by atoms with E-state index >= 15 is 0 Å². The van der Waals surface area contributed by atoms with Crippen molar-refractivity contribution >= 4 is 37.7 Å². The van der Waals surface area contributed by atoms with Crippen molar-refractivity contribution in [3.8, 4) is 12.3 Å². The lowest BCUT2D eigenvalue weighted by Crippen LogP contribution is -2.21. The maximum atomic E-state index is 5.49. The molecule has 5 heteroatoms. The Bertz CT molecular complexity index is 1170. The summed E-state index contributed by atoms with van der Waals surface area (Å²) in [7, 11) is 0. The van der Waals surface area contributed by atoms with Crippen molar-refractivity contribution in [1.82, 2.24) is 14.5 Å². The molecule has 1 aliphatic rings. The summed E-state index contributed by atoms with van der Waals surface area (Å²) in [5.74, 6) is 2.67. The highest BCUT2D eigenvalue weighted by Crippen LogP contribution is 2.30. The number of terminal acetylenes is 1. The monoisotopic (exact) mass is 386 g/mol. The smallest absolute Gasteiger partial charge is 0.184 e. The van der Waals surface area contributed by atoms with Gasteiger partial charge in [-0.15, -0.1) is 6.42 Å². The van der Waals surface area contributed by atoms with Gasteiger partial charge in [-0.1, -0.05) is 42.6 Å². The van der Waals surface area contributed by atoms with Gasteiger partial charge >= 0.3 is 0 Å². The predicted molar refractivity (Wildman–Crippen MR) is 117 cm³/mol. The van der Waals surface area contributed by atoms with Crippen LogP contribution in [0.15, 0.2) is 42.7 Å². The summed E-state index contributed by atoms with van der Waals surface area (Å²) >= 11 is 1.76. The van der Waals surface area contributed by atoms with Crippen LogP contribution in [0.2, 0.25) is 0 Å². The molecule has 0 amide bonds. The average molecular weight is 387 g/mol. The van der Waals surface area contributed by atoms with Gasteiger partial charge in [0.1, 0.15) is 0 Å². The number of nitrogens with one attached hydrogen (secondary N) is 1. The van der Waals surface area contributed by atoms with Crippen molar-refractivity contribution in [2.75, 3.05) is 5.32 Å². The Hall–Kier alpha value is -2.84. The van der Waals surface area contributed by atoms with Gasteiger partial charge < -0.3 is 9.88 Å². The van der Waals surface area contributed by atoms with Gasteiger partial charge in [-0.25, -0.2) is 9.97 Å². The van der Waals surface area contributed by atoms with Crippen molar-refractivity contribution in [1.29, 1.82) is 0 Å². The molecule has 2 heterocycles. The number of nitrogens with zero attached hydrogens (tertiary/aromatic N) is 3. The Labute approximate surface area is 168 Å². The van der Waals surface area contributed by atoms with Gasteiger partial charge in [0.25, 0.3) is 0 Å². The number of aromatic nitrogens is 3. The van der Waals surface area contributed by atoms with E-state index in [-0.39, 0.29) is 0 Å². The molecule has 4 nitrogen and oxygen atoms in total. The molecule has 0 atom stereocenters. The lowest BCUT2D eigenvalue weighted by molar-refractivity contribution is 0.462. The van der Waals surface area contributed by atoms with Crippen LogP contribution in [-0.4, -0.2) is 20.6 Å². The number of anilines is 1. The number of hydrogen-bond donors (Lipinski definition) is 1. The third-order valence-corrected chi connectivity index (χ3v) is 6.48. The molecule has 0 aliphatic heterocycles. The van der Waals surface area contributed by atoms with Crippen LogP contribution in [0.5, 0.6) is 0 Å². The molecule has 0 spiro atoms. The van der Waals surface area contributed by atoms with E-state index in [1.807, 2.05) is 18.5 Å². The Balaban J connectivity index is 1.38. The van der Waals surface area contributed by atoms with Crippen molar-refractivity contribution in [3.63, 3.8) is 0 Å². The molecule has 0 saturated heterocycles. The van der Waals surface area contributed by atoms with Crippen molar-refractivity contribution in [2.24, 2.45) is 0 Å². The lowest BCUT2D eigenvalue weighted by atomic mass is 9.96. The fourth-order valence-electron chi connectivity index (χ4n) is 4.03. The fourth-order valence-corrected chi connectivity index (χ4v) is 5.03. The van der Waals surface area contributed by atoms with Gasteiger partial charge in [-0.05, 0) is 48.7 Å². The van der Waals surface area contributed by atoms with Gasteiger partial charge in [-0.2, -0.15) is 0 Å². The van der Waals surface area contributed by atoms with Crippen LogP contribution in [0.4, 0.5) is 5.13 Å². The Kier molecular flexibility index (Phi) is 4.50. The number of thiazole rings is 1. The molecule has 1 aliphatic carbocycles. The lowest BCUT2D eigenvalue weighted by Gasteiger charge is -2.22.